The van der Waals surface area contributed by atoms with Gasteiger partial charge in [-0.2, -0.15) is 10.2 Å². The van der Waals surface area contributed by atoms with Crippen molar-refractivity contribution in [2.24, 2.45) is 0 Å². The van der Waals surface area contributed by atoms with Gasteiger partial charge in [0.25, 0.3) is 0 Å². The fraction of sp³-hybridized carbons (Fsp3) is 0.250. The van der Waals surface area contributed by atoms with Gasteiger partial charge in [-0.15, -0.1) is 4.80 Å². The van der Waals surface area contributed by atoms with Crippen LogP contribution in [0.1, 0.15) is 0 Å². The van der Waals surface area contributed by atoms with Crippen molar-refractivity contribution in [3.8, 4) is 5.69 Å². The maximum atomic E-state index is 14.0. The summed E-state index contributed by atoms with van der Waals surface area (Å²) >= 11 is 0. The molecule has 1 aromatic carbocycles. The summed E-state index contributed by atoms with van der Waals surface area (Å²) in [5.41, 5.74) is 0.546. The highest BCUT2D eigenvalue weighted by molar-refractivity contribution is 5.89. The zero-order valence-electron chi connectivity index (χ0n) is 10.3. The van der Waals surface area contributed by atoms with E-state index in [4.69, 9.17) is 9.84 Å². The lowest BCUT2D eigenvalue weighted by molar-refractivity contribution is 0.0963. The number of ether oxygens (including phenoxy) is 1. The molecule has 1 aliphatic rings. The molecule has 1 N–H and O–H groups in total. The number of aliphatic hydroxyl groups is 1. The predicted octanol–water partition coefficient (Wildman–Crippen LogP) is 0.724. The number of amides is 1. The lowest BCUT2D eigenvalue weighted by atomic mass is 10.2. The van der Waals surface area contributed by atoms with Crippen LogP contribution in [0.15, 0.2) is 30.6 Å². The molecule has 1 atom stereocenters. The third kappa shape index (κ3) is 2.10. The van der Waals surface area contributed by atoms with E-state index >= 15 is 0 Å². The number of cyclic esters (lactones) is 1. The van der Waals surface area contributed by atoms with E-state index < -0.39 is 18.0 Å². The maximum Gasteiger partial charge on any atom is 0.414 e. The Kier molecular flexibility index (Phi) is 3.07. The molecule has 3 rings (SSSR count). The number of hydrogen-bond donors (Lipinski definition) is 1. The molecule has 0 unspecified atom stereocenters. The average molecular weight is 278 g/mol. The number of hydrogen-bond acceptors (Lipinski definition) is 5. The number of nitrogens with zero attached hydrogens (tertiary/aromatic N) is 4. The largest absolute Gasteiger partial charge is 0.441 e. The van der Waals surface area contributed by atoms with E-state index in [1.807, 2.05) is 0 Å². The van der Waals surface area contributed by atoms with Gasteiger partial charge in [-0.05, 0) is 12.1 Å². The highest BCUT2D eigenvalue weighted by atomic mass is 19.1. The first-order valence-electron chi connectivity index (χ1n) is 5.94. The smallest absolute Gasteiger partial charge is 0.414 e. The average Bonchev–Trinajstić information content (AvgIpc) is 3.07. The van der Waals surface area contributed by atoms with E-state index in [1.54, 1.807) is 6.07 Å². The second-order valence-electron chi connectivity index (χ2n) is 4.25. The number of anilines is 1. The summed E-state index contributed by atoms with van der Waals surface area (Å²) in [4.78, 5) is 14.0. The summed E-state index contributed by atoms with van der Waals surface area (Å²) in [6, 6.07) is 4.26. The first-order valence-corrected chi connectivity index (χ1v) is 5.94. The summed E-state index contributed by atoms with van der Waals surface area (Å²) in [6.45, 7) is -0.0752. The Morgan fingerprint density at radius 2 is 2.15 bits per heavy atom. The van der Waals surface area contributed by atoms with E-state index in [0.717, 1.165) is 4.80 Å². The number of carbonyl (C=O) groups excluding carboxylic acids is 1. The topological polar surface area (TPSA) is 80.5 Å². The molecule has 1 aromatic heterocycles. The van der Waals surface area contributed by atoms with Gasteiger partial charge in [0.1, 0.15) is 11.8 Å². The first kappa shape index (κ1) is 12.5. The van der Waals surface area contributed by atoms with Crippen molar-refractivity contribution < 1.29 is 19.0 Å². The molecule has 0 radical (unpaired) electrons. The molecular formula is C12H11FN4O3. The molecule has 8 heteroatoms. The zero-order chi connectivity index (χ0) is 14.1. The van der Waals surface area contributed by atoms with E-state index in [1.165, 1.54) is 29.4 Å². The third-order valence-electron chi connectivity index (χ3n) is 2.95. The van der Waals surface area contributed by atoms with Crippen LogP contribution in [0.4, 0.5) is 14.9 Å². The van der Waals surface area contributed by atoms with Crippen molar-refractivity contribution in [2.45, 2.75) is 6.10 Å². The van der Waals surface area contributed by atoms with Crippen LogP contribution >= 0.6 is 0 Å². The van der Waals surface area contributed by atoms with Crippen LogP contribution in [0.2, 0.25) is 0 Å². The second kappa shape index (κ2) is 4.89. The normalized spacial score (nSPS) is 18.4. The lowest BCUT2D eigenvalue weighted by Crippen LogP contribution is -2.25. The highest BCUT2D eigenvalue weighted by Gasteiger charge is 2.32. The van der Waals surface area contributed by atoms with Gasteiger partial charge >= 0.3 is 6.09 Å². The first-order chi connectivity index (χ1) is 9.69. The minimum absolute atomic E-state index is 0.185. The standard InChI is InChI=1S/C12H11FN4O3/c13-10-5-8(16-6-9(7-18)20-12(16)19)1-2-11(10)17-14-3-4-15-17/h1-5,9,18H,6-7H2/t9-/m1/s1. The maximum absolute atomic E-state index is 14.0. The fourth-order valence-electron chi connectivity index (χ4n) is 1.99. The molecule has 1 amide bonds. The molecule has 1 aliphatic heterocycles. The van der Waals surface area contributed by atoms with Crippen LogP contribution in [0, 0.1) is 5.82 Å². The number of carbonyl (C=O) groups is 1. The van der Waals surface area contributed by atoms with Crippen molar-refractivity contribution >= 4 is 11.8 Å². The molecule has 20 heavy (non-hydrogen) atoms. The molecule has 0 aliphatic carbocycles. The molecule has 2 heterocycles. The molecule has 104 valence electrons. The molecule has 2 aromatic rings. The van der Waals surface area contributed by atoms with Crippen LogP contribution < -0.4 is 4.90 Å². The Bertz CT molecular complexity index is 632. The predicted molar refractivity (Wildman–Crippen MR) is 66.0 cm³/mol. The SMILES string of the molecule is O=C1O[C@@H](CO)CN1c1ccc(-n2nccn2)c(F)c1. The molecule has 0 bridgehead atoms. The van der Waals surface area contributed by atoms with Crippen molar-refractivity contribution in [1.29, 1.82) is 0 Å². The Hall–Kier alpha value is -2.48. The van der Waals surface area contributed by atoms with Gasteiger partial charge in [0.2, 0.25) is 0 Å². The summed E-state index contributed by atoms with van der Waals surface area (Å²) in [6.07, 6.45) is 1.69. The number of halogens is 1. The van der Waals surface area contributed by atoms with Crippen LogP contribution in [-0.4, -0.2) is 45.4 Å². The molecule has 0 spiro atoms. The summed E-state index contributed by atoms with van der Waals surface area (Å²) in [5, 5.41) is 16.7. The molecule has 0 saturated carbocycles. The van der Waals surface area contributed by atoms with Crippen molar-refractivity contribution in [1.82, 2.24) is 15.0 Å². The van der Waals surface area contributed by atoms with Crippen molar-refractivity contribution in [3.05, 3.63) is 36.4 Å². The molecular weight excluding hydrogens is 267 g/mol. The quantitative estimate of drug-likeness (QED) is 0.895. The van der Waals surface area contributed by atoms with E-state index in [0.29, 0.717) is 5.69 Å². The van der Waals surface area contributed by atoms with Gasteiger partial charge in [-0.3, -0.25) is 4.90 Å². The summed E-state index contributed by atoms with van der Waals surface area (Å²) in [7, 11) is 0. The van der Waals surface area contributed by atoms with Crippen LogP contribution in [0.25, 0.3) is 5.69 Å². The Balaban J connectivity index is 1.89. The van der Waals surface area contributed by atoms with Gasteiger partial charge in [0.05, 0.1) is 31.2 Å². The van der Waals surface area contributed by atoms with Crippen LogP contribution in [0.3, 0.4) is 0 Å². The van der Waals surface area contributed by atoms with E-state index in [2.05, 4.69) is 10.2 Å². The molecule has 1 saturated heterocycles. The summed E-state index contributed by atoms with van der Waals surface area (Å²) in [5.74, 6) is -0.557. The van der Waals surface area contributed by atoms with Crippen LogP contribution in [0.5, 0.6) is 0 Å². The lowest BCUT2D eigenvalue weighted by Gasteiger charge is -2.13. The highest BCUT2D eigenvalue weighted by Crippen LogP contribution is 2.24. The molecule has 7 nitrogen and oxygen atoms in total. The van der Waals surface area contributed by atoms with Gasteiger partial charge in [0, 0.05) is 6.07 Å². The second-order valence-corrected chi connectivity index (χ2v) is 4.25. The summed E-state index contributed by atoms with van der Waals surface area (Å²) < 4.78 is 18.9. The third-order valence-corrected chi connectivity index (χ3v) is 2.95. The Labute approximate surface area is 113 Å². The Morgan fingerprint density at radius 3 is 2.75 bits per heavy atom. The monoisotopic (exact) mass is 278 g/mol. The van der Waals surface area contributed by atoms with E-state index in [-0.39, 0.29) is 18.8 Å². The minimum atomic E-state index is -0.603. The number of aromatic nitrogens is 3. The van der Waals surface area contributed by atoms with Gasteiger partial charge < -0.3 is 9.84 Å². The van der Waals surface area contributed by atoms with Crippen molar-refractivity contribution in [2.75, 3.05) is 18.1 Å². The Morgan fingerprint density at radius 1 is 1.40 bits per heavy atom. The van der Waals surface area contributed by atoms with Gasteiger partial charge in [-0.25, -0.2) is 9.18 Å². The van der Waals surface area contributed by atoms with E-state index in [9.17, 15) is 9.18 Å². The minimum Gasteiger partial charge on any atom is -0.441 e. The number of aliphatic hydroxyl groups excluding tert-OH is 1. The molecule has 1 fully saturated rings. The fourth-order valence-corrected chi connectivity index (χ4v) is 1.99. The van der Waals surface area contributed by atoms with Gasteiger partial charge in [0.15, 0.2) is 5.82 Å². The van der Waals surface area contributed by atoms with Crippen LogP contribution in [-0.2, 0) is 4.74 Å². The van der Waals surface area contributed by atoms with Crippen molar-refractivity contribution in [3.63, 3.8) is 0 Å². The number of benzene rings is 1. The zero-order valence-corrected chi connectivity index (χ0v) is 10.3. The van der Waals surface area contributed by atoms with Gasteiger partial charge in [-0.1, -0.05) is 0 Å². The number of rotatable bonds is 3.